The molecule has 2 heterocycles. The van der Waals surface area contributed by atoms with E-state index in [4.69, 9.17) is 5.73 Å². The summed E-state index contributed by atoms with van der Waals surface area (Å²) in [6.07, 6.45) is -0.676. The highest BCUT2D eigenvalue weighted by Crippen LogP contribution is 2.35. The van der Waals surface area contributed by atoms with E-state index < -0.39 is 35.5 Å². The minimum atomic E-state index is -4.46. The summed E-state index contributed by atoms with van der Waals surface area (Å²) in [6.45, 7) is 2.22. The van der Waals surface area contributed by atoms with Crippen LogP contribution in [0.5, 0.6) is 0 Å². The molecule has 3 rings (SSSR count). The molecule has 1 aromatic heterocycles. The van der Waals surface area contributed by atoms with Crippen molar-refractivity contribution in [1.29, 1.82) is 0 Å². The second kappa shape index (κ2) is 8.75. The van der Waals surface area contributed by atoms with Gasteiger partial charge in [0.25, 0.3) is 0 Å². The molecule has 1 aliphatic heterocycles. The van der Waals surface area contributed by atoms with Crippen LogP contribution in [-0.2, 0) is 15.8 Å². The van der Waals surface area contributed by atoms with E-state index in [1.807, 2.05) is 6.92 Å². The summed E-state index contributed by atoms with van der Waals surface area (Å²) < 4.78 is 38.6. The van der Waals surface area contributed by atoms with Gasteiger partial charge in [0.05, 0.1) is 29.1 Å². The van der Waals surface area contributed by atoms with E-state index in [0.717, 1.165) is 18.6 Å². The second-order valence-corrected chi connectivity index (χ2v) is 7.56. The number of pyridine rings is 1. The quantitative estimate of drug-likeness (QED) is 0.724. The van der Waals surface area contributed by atoms with Crippen molar-refractivity contribution in [3.05, 3.63) is 59.4 Å². The van der Waals surface area contributed by atoms with E-state index >= 15 is 0 Å². The van der Waals surface area contributed by atoms with Gasteiger partial charge in [-0.2, -0.15) is 13.2 Å². The third-order valence-corrected chi connectivity index (χ3v) is 5.18. The Morgan fingerprint density at radius 3 is 2.42 bits per heavy atom. The summed E-state index contributed by atoms with van der Waals surface area (Å²) in [5.74, 6) is -2.36. The van der Waals surface area contributed by atoms with Crippen molar-refractivity contribution >= 4 is 23.4 Å². The first-order valence-corrected chi connectivity index (χ1v) is 9.60. The van der Waals surface area contributed by atoms with Crippen molar-refractivity contribution < 1.29 is 27.6 Å². The number of primary amides is 1. The monoisotopic (exact) mass is 434 g/mol. The van der Waals surface area contributed by atoms with Gasteiger partial charge in [-0.15, -0.1) is 0 Å². The maximum atomic E-state index is 12.9. The largest absolute Gasteiger partial charge is 0.416 e. The molecule has 0 aliphatic carbocycles. The van der Waals surface area contributed by atoms with Crippen molar-refractivity contribution in [2.24, 2.45) is 11.7 Å². The van der Waals surface area contributed by atoms with E-state index in [2.05, 4.69) is 10.3 Å². The molecule has 2 unspecified atom stereocenters. The summed E-state index contributed by atoms with van der Waals surface area (Å²) >= 11 is 0. The molecule has 1 aliphatic rings. The van der Waals surface area contributed by atoms with E-state index in [-0.39, 0.29) is 23.7 Å². The van der Waals surface area contributed by atoms with Crippen LogP contribution in [0.2, 0.25) is 0 Å². The minimum Gasteiger partial charge on any atom is -0.366 e. The molecule has 3 N–H and O–H groups in total. The number of hydrogen-bond donors (Lipinski definition) is 2. The number of rotatable bonds is 3. The number of alkyl halides is 3. The molecule has 0 spiro atoms. The molecular weight excluding hydrogens is 413 g/mol. The highest BCUT2D eigenvalue weighted by molar-refractivity contribution is 6.39. The fourth-order valence-corrected chi connectivity index (χ4v) is 3.58. The Balaban J connectivity index is 1.80. The van der Waals surface area contributed by atoms with Crippen LogP contribution >= 0.6 is 0 Å². The smallest absolute Gasteiger partial charge is 0.366 e. The normalized spacial score (nSPS) is 19.0. The number of carbonyl (C=O) groups excluding carboxylic acids is 3. The van der Waals surface area contributed by atoms with Gasteiger partial charge < -0.3 is 16.0 Å². The molecule has 0 bridgehead atoms. The molecule has 3 amide bonds. The summed E-state index contributed by atoms with van der Waals surface area (Å²) in [4.78, 5) is 41.9. The number of anilines is 1. The average Bonchev–Trinajstić information content (AvgIpc) is 2.72. The van der Waals surface area contributed by atoms with E-state index in [1.54, 1.807) is 0 Å². The van der Waals surface area contributed by atoms with Crippen LogP contribution in [0.3, 0.4) is 0 Å². The summed E-state index contributed by atoms with van der Waals surface area (Å²) in [5, 5.41) is 2.40. The van der Waals surface area contributed by atoms with Gasteiger partial charge in [0.15, 0.2) is 0 Å². The zero-order valence-corrected chi connectivity index (χ0v) is 16.6. The maximum Gasteiger partial charge on any atom is 0.416 e. The van der Waals surface area contributed by atoms with Crippen LogP contribution in [0.1, 0.15) is 47.3 Å². The number of aromatic nitrogens is 1. The Hall–Kier alpha value is -3.43. The molecule has 0 radical (unpaired) electrons. The Kier molecular flexibility index (Phi) is 6.28. The Bertz CT molecular complexity index is 992. The van der Waals surface area contributed by atoms with Gasteiger partial charge >= 0.3 is 18.0 Å². The van der Waals surface area contributed by atoms with Gasteiger partial charge in [0.1, 0.15) is 0 Å². The number of hydrogen-bond acceptors (Lipinski definition) is 4. The fourth-order valence-electron chi connectivity index (χ4n) is 3.58. The van der Waals surface area contributed by atoms with Gasteiger partial charge in [-0.1, -0.05) is 19.1 Å². The first-order chi connectivity index (χ1) is 14.6. The highest BCUT2D eigenvalue weighted by atomic mass is 19.4. The zero-order chi connectivity index (χ0) is 22.8. The lowest BCUT2D eigenvalue weighted by Crippen LogP contribution is -2.46. The predicted molar refractivity (Wildman–Crippen MR) is 106 cm³/mol. The number of piperidine rings is 1. The van der Waals surface area contributed by atoms with Gasteiger partial charge in [0.2, 0.25) is 5.91 Å². The lowest BCUT2D eigenvalue weighted by Gasteiger charge is -2.38. The Morgan fingerprint density at radius 2 is 1.81 bits per heavy atom. The van der Waals surface area contributed by atoms with Crippen molar-refractivity contribution in [1.82, 2.24) is 9.88 Å². The number of benzene rings is 1. The first kappa shape index (κ1) is 22.3. The van der Waals surface area contributed by atoms with E-state index in [9.17, 15) is 27.6 Å². The van der Waals surface area contributed by atoms with Gasteiger partial charge in [0, 0.05) is 12.7 Å². The number of nitrogens with one attached hydrogen (secondary N) is 1. The summed E-state index contributed by atoms with van der Waals surface area (Å²) in [6, 6.07) is 5.39. The lowest BCUT2D eigenvalue weighted by atomic mass is 9.89. The molecule has 7 nitrogen and oxygen atoms in total. The Labute approximate surface area is 176 Å². The van der Waals surface area contributed by atoms with E-state index in [1.165, 1.54) is 35.5 Å². The molecule has 10 heteroatoms. The molecule has 0 saturated carbocycles. The molecule has 164 valence electrons. The maximum absolute atomic E-state index is 12.9. The number of nitrogens with zero attached hydrogens (tertiary/aromatic N) is 2. The van der Waals surface area contributed by atoms with Crippen molar-refractivity contribution in [2.45, 2.75) is 32.0 Å². The number of amides is 3. The molecule has 1 fully saturated rings. The predicted octanol–water partition coefficient (Wildman–Crippen LogP) is 3.14. The minimum absolute atomic E-state index is 0.0690. The third kappa shape index (κ3) is 5.19. The molecular formula is C21H21F3N4O3. The molecule has 2 atom stereocenters. The topological polar surface area (TPSA) is 105 Å². The molecule has 2 aromatic rings. The van der Waals surface area contributed by atoms with Crippen molar-refractivity contribution in [3.63, 3.8) is 0 Å². The van der Waals surface area contributed by atoms with Gasteiger partial charge in [-0.25, -0.2) is 0 Å². The summed E-state index contributed by atoms with van der Waals surface area (Å²) in [7, 11) is 0. The SMILES string of the molecule is CC1CCC(c2ccc(C(F)(F)F)cc2)N(C(=O)C(=O)Nc2cncc(C(N)=O)c2)C1. The highest BCUT2D eigenvalue weighted by Gasteiger charge is 2.35. The Morgan fingerprint density at radius 1 is 1.13 bits per heavy atom. The van der Waals surface area contributed by atoms with E-state index in [0.29, 0.717) is 12.0 Å². The van der Waals surface area contributed by atoms with Gasteiger partial charge in [-0.3, -0.25) is 19.4 Å². The van der Waals surface area contributed by atoms with Crippen LogP contribution in [0.4, 0.5) is 18.9 Å². The van der Waals surface area contributed by atoms with Crippen LogP contribution in [-0.4, -0.2) is 34.2 Å². The van der Waals surface area contributed by atoms with Crippen molar-refractivity contribution in [3.8, 4) is 0 Å². The molecule has 1 saturated heterocycles. The molecule has 31 heavy (non-hydrogen) atoms. The average molecular weight is 434 g/mol. The molecule has 1 aromatic carbocycles. The van der Waals surface area contributed by atoms with Crippen LogP contribution in [0, 0.1) is 5.92 Å². The van der Waals surface area contributed by atoms with Crippen LogP contribution in [0.25, 0.3) is 0 Å². The van der Waals surface area contributed by atoms with Crippen molar-refractivity contribution in [2.75, 3.05) is 11.9 Å². The number of likely N-dealkylation sites (tertiary alicyclic amines) is 1. The lowest BCUT2D eigenvalue weighted by molar-refractivity contribution is -0.146. The standard InChI is InChI=1S/C21H21F3N4O3/c1-12-2-7-17(13-3-5-15(6-4-13)21(22,23)24)28(11-12)20(31)19(30)27-16-8-14(18(25)29)9-26-10-16/h3-6,8-10,12,17H,2,7,11H2,1H3,(H2,25,29)(H,27,30). The zero-order valence-electron chi connectivity index (χ0n) is 16.6. The number of halogens is 3. The van der Waals surface area contributed by atoms with Crippen LogP contribution in [0.15, 0.2) is 42.7 Å². The number of nitrogens with two attached hydrogens (primary N) is 1. The summed E-state index contributed by atoms with van der Waals surface area (Å²) in [5.41, 5.74) is 5.13. The van der Waals surface area contributed by atoms with Gasteiger partial charge in [-0.05, 0) is 42.5 Å². The third-order valence-electron chi connectivity index (χ3n) is 5.18. The fraction of sp³-hybridized carbons (Fsp3) is 0.333. The van der Waals surface area contributed by atoms with Crippen LogP contribution < -0.4 is 11.1 Å². The first-order valence-electron chi connectivity index (χ1n) is 9.60. The number of carbonyl (C=O) groups is 3. The second-order valence-electron chi connectivity index (χ2n) is 7.56.